The van der Waals surface area contributed by atoms with Crippen LogP contribution in [-0.2, 0) is 10.3 Å². The molecule has 0 radical (unpaired) electrons. The van der Waals surface area contributed by atoms with Crippen molar-refractivity contribution in [2.45, 2.75) is 18.4 Å². The molecule has 0 aromatic heterocycles. The van der Waals surface area contributed by atoms with Crippen LogP contribution in [0, 0.1) is 12.3 Å². The third-order valence-corrected chi connectivity index (χ3v) is 3.36. The molecule has 2 rings (SSSR count). The molecular weight excluding hydrogens is 262 g/mol. The fourth-order valence-corrected chi connectivity index (χ4v) is 2.26. The second-order valence-corrected chi connectivity index (χ2v) is 4.80. The third kappa shape index (κ3) is 3.64. The van der Waals surface area contributed by atoms with Crippen LogP contribution in [0.25, 0.3) is 0 Å². The van der Waals surface area contributed by atoms with E-state index in [1.807, 2.05) is 60.7 Å². The predicted octanol–water partition coefficient (Wildman–Crippen LogP) is 3.49. The van der Waals surface area contributed by atoms with Crippen molar-refractivity contribution >= 4 is 11.7 Å². The Balaban J connectivity index is 2.37. The first-order valence-electron chi connectivity index (χ1n) is 6.74. The number of hydrogen-bond donors (Lipinski definition) is 2. The average molecular weight is 279 g/mol. The highest BCUT2D eigenvalue weighted by Crippen LogP contribution is 2.30. The molecular formula is C18H17NO2. The van der Waals surface area contributed by atoms with Crippen molar-refractivity contribution < 1.29 is 9.90 Å². The van der Waals surface area contributed by atoms with Crippen LogP contribution < -0.4 is 5.32 Å². The number of para-hydroxylation sites is 1. The van der Waals surface area contributed by atoms with Crippen LogP contribution in [0.1, 0.15) is 18.4 Å². The lowest BCUT2D eigenvalue weighted by atomic mass is 9.85. The fraction of sp³-hybridized carbons (Fsp3) is 0.167. The molecule has 0 heterocycles. The molecule has 106 valence electrons. The standard InChI is InChI=1S/C18H17NO2/c1-2-18(14-13-17(20)21,15-9-5-3-6-10-15)19-16-11-7-4-8-12-16/h1,3-12,19H,13-14H2,(H,20,21)/t18-/m0/s1. The van der Waals surface area contributed by atoms with Gasteiger partial charge in [-0.2, -0.15) is 0 Å². The van der Waals surface area contributed by atoms with E-state index in [-0.39, 0.29) is 6.42 Å². The van der Waals surface area contributed by atoms with E-state index in [2.05, 4.69) is 11.2 Å². The summed E-state index contributed by atoms with van der Waals surface area (Å²) in [7, 11) is 0. The molecule has 1 atom stereocenters. The maximum atomic E-state index is 10.9. The summed E-state index contributed by atoms with van der Waals surface area (Å²) in [6.07, 6.45) is 6.08. The van der Waals surface area contributed by atoms with Crippen LogP contribution in [0.2, 0.25) is 0 Å². The Labute approximate surface area is 124 Å². The van der Waals surface area contributed by atoms with Gasteiger partial charge in [-0.15, -0.1) is 6.42 Å². The molecule has 2 aromatic carbocycles. The zero-order valence-corrected chi connectivity index (χ0v) is 11.6. The number of carboxylic acid groups (broad SMARTS) is 1. The van der Waals surface area contributed by atoms with Gasteiger partial charge in [0, 0.05) is 12.1 Å². The third-order valence-electron chi connectivity index (χ3n) is 3.36. The van der Waals surface area contributed by atoms with Crippen LogP contribution in [0.5, 0.6) is 0 Å². The summed E-state index contributed by atoms with van der Waals surface area (Å²) < 4.78 is 0. The maximum absolute atomic E-state index is 10.9. The molecule has 21 heavy (non-hydrogen) atoms. The summed E-state index contributed by atoms with van der Waals surface area (Å²) in [5.41, 5.74) is 0.920. The molecule has 0 unspecified atom stereocenters. The van der Waals surface area contributed by atoms with E-state index >= 15 is 0 Å². The predicted molar refractivity (Wildman–Crippen MR) is 83.9 cm³/mol. The number of carboxylic acids is 1. The molecule has 3 heteroatoms. The van der Waals surface area contributed by atoms with E-state index in [0.717, 1.165) is 11.3 Å². The molecule has 0 aliphatic carbocycles. The van der Waals surface area contributed by atoms with Gasteiger partial charge in [0.15, 0.2) is 0 Å². The number of carbonyl (C=O) groups is 1. The Kier molecular flexibility index (Phi) is 4.63. The Morgan fingerprint density at radius 2 is 1.67 bits per heavy atom. The second kappa shape index (κ2) is 6.62. The lowest BCUT2D eigenvalue weighted by molar-refractivity contribution is -0.137. The molecule has 0 fully saturated rings. The first-order chi connectivity index (χ1) is 10.2. The van der Waals surface area contributed by atoms with Crippen molar-refractivity contribution in [1.29, 1.82) is 0 Å². The summed E-state index contributed by atoms with van der Waals surface area (Å²) in [5, 5.41) is 12.3. The van der Waals surface area contributed by atoms with Crippen LogP contribution in [0.3, 0.4) is 0 Å². The van der Waals surface area contributed by atoms with Crippen molar-refractivity contribution in [3.63, 3.8) is 0 Å². The molecule has 2 N–H and O–H groups in total. The van der Waals surface area contributed by atoms with E-state index in [0.29, 0.717) is 6.42 Å². The summed E-state index contributed by atoms with van der Waals surface area (Å²) in [4.78, 5) is 10.9. The molecule has 0 saturated heterocycles. The molecule has 0 amide bonds. The number of hydrogen-bond acceptors (Lipinski definition) is 2. The van der Waals surface area contributed by atoms with E-state index in [1.54, 1.807) is 0 Å². The minimum atomic E-state index is -0.861. The van der Waals surface area contributed by atoms with Gasteiger partial charge >= 0.3 is 5.97 Å². The number of nitrogens with one attached hydrogen (secondary N) is 1. The van der Waals surface area contributed by atoms with Crippen LogP contribution >= 0.6 is 0 Å². The topological polar surface area (TPSA) is 49.3 Å². The van der Waals surface area contributed by atoms with Crippen molar-refractivity contribution in [2.75, 3.05) is 5.32 Å². The number of anilines is 1. The number of benzene rings is 2. The van der Waals surface area contributed by atoms with Gasteiger partial charge in [-0.1, -0.05) is 54.5 Å². The zero-order valence-electron chi connectivity index (χ0n) is 11.6. The van der Waals surface area contributed by atoms with Crippen LogP contribution in [0.4, 0.5) is 5.69 Å². The minimum Gasteiger partial charge on any atom is -0.481 e. The molecule has 0 spiro atoms. The lowest BCUT2D eigenvalue weighted by Crippen LogP contribution is -2.34. The van der Waals surface area contributed by atoms with Crippen molar-refractivity contribution in [1.82, 2.24) is 0 Å². The fourth-order valence-electron chi connectivity index (χ4n) is 2.26. The van der Waals surface area contributed by atoms with Gasteiger partial charge in [0.05, 0.1) is 0 Å². The molecule has 2 aromatic rings. The number of rotatable bonds is 6. The summed E-state index contributed by atoms with van der Waals surface area (Å²) in [6.45, 7) is 0. The van der Waals surface area contributed by atoms with Gasteiger partial charge in [-0.05, 0) is 24.1 Å². The highest BCUT2D eigenvalue weighted by molar-refractivity contribution is 5.67. The second-order valence-electron chi connectivity index (χ2n) is 4.80. The highest BCUT2D eigenvalue weighted by Gasteiger charge is 2.30. The lowest BCUT2D eigenvalue weighted by Gasteiger charge is -2.31. The van der Waals surface area contributed by atoms with Crippen LogP contribution in [-0.4, -0.2) is 11.1 Å². The van der Waals surface area contributed by atoms with Gasteiger partial charge in [-0.3, -0.25) is 4.79 Å². The minimum absolute atomic E-state index is 0.00106. The monoisotopic (exact) mass is 279 g/mol. The maximum Gasteiger partial charge on any atom is 0.303 e. The van der Waals surface area contributed by atoms with E-state index in [4.69, 9.17) is 11.5 Å². The normalized spacial score (nSPS) is 12.9. The highest BCUT2D eigenvalue weighted by atomic mass is 16.4. The summed E-state index contributed by atoms with van der Waals surface area (Å²) in [6, 6.07) is 19.1. The van der Waals surface area contributed by atoms with Crippen LogP contribution in [0.15, 0.2) is 60.7 Å². The van der Waals surface area contributed by atoms with Gasteiger partial charge in [0.1, 0.15) is 5.54 Å². The number of aliphatic carboxylic acids is 1. The van der Waals surface area contributed by atoms with Crippen molar-refractivity contribution in [3.8, 4) is 12.3 Å². The first kappa shape index (κ1) is 14.7. The van der Waals surface area contributed by atoms with E-state index < -0.39 is 11.5 Å². The SMILES string of the molecule is C#C[C@@](CCC(=O)O)(Nc1ccccc1)c1ccccc1. The molecule has 0 aliphatic rings. The quantitative estimate of drug-likeness (QED) is 0.796. The summed E-state index contributed by atoms with van der Waals surface area (Å²) >= 11 is 0. The van der Waals surface area contributed by atoms with Gasteiger partial charge in [-0.25, -0.2) is 0 Å². The van der Waals surface area contributed by atoms with Gasteiger partial charge in [0.2, 0.25) is 0 Å². The largest absolute Gasteiger partial charge is 0.481 e. The Morgan fingerprint density at radius 3 is 2.19 bits per heavy atom. The van der Waals surface area contributed by atoms with Crippen molar-refractivity contribution in [2.24, 2.45) is 0 Å². The number of terminal acetylenes is 1. The van der Waals surface area contributed by atoms with E-state index in [1.165, 1.54) is 0 Å². The Morgan fingerprint density at radius 1 is 1.10 bits per heavy atom. The molecule has 0 aliphatic heterocycles. The van der Waals surface area contributed by atoms with Crippen molar-refractivity contribution in [3.05, 3.63) is 66.2 Å². The van der Waals surface area contributed by atoms with Gasteiger partial charge < -0.3 is 10.4 Å². The molecule has 0 saturated carbocycles. The molecule has 0 bridgehead atoms. The Hall–Kier alpha value is -2.73. The van der Waals surface area contributed by atoms with Gasteiger partial charge in [0.25, 0.3) is 0 Å². The summed E-state index contributed by atoms with van der Waals surface area (Å²) in [5.74, 6) is 1.90. The van der Waals surface area contributed by atoms with E-state index in [9.17, 15) is 4.79 Å². The zero-order chi connectivity index (χ0) is 15.1. The molecule has 3 nitrogen and oxygen atoms in total. The first-order valence-corrected chi connectivity index (χ1v) is 6.74. The smallest absolute Gasteiger partial charge is 0.303 e. The average Bonchev–Trinajstić information content (AvgIpc) is 2.53. The Bertz CT molecular complexity index is 631.